The van der Waals surface area contributed by atoms with Crippen LogP contribution in [0.5, 0.6) is 0 Å². The summed E-state index contributed by atoms with van der Waals surface area (Å²) in [4.78, 5) is 11.9. The van der Waals surface area contributed by atoms with Crippen LogP contribution in [-0.4, -0.2) is 17.5 Å². The minimum Gasteiger partial charge on any atom is -0.350 e. The summed E-state index contributed by atoms with van der Waals surface area (Å²) >= 11 is 0. The highest BCUT2D eigenvalue weighted by Crippen LogP contribution is 2.20. The number of nitrogens with two attached hydrogens (primary N) is 1. The molecular weight excluding hydrogens is 188 g/mol. The molecule has 0 saturated carbocycles. The Morgan fingerprint density at radius 1 is 1.20 bits per heavy atom. The molecule has 0 aromatic heterocycles. The van der Waals surface area contributed by atoms with E-state index in [1.807, 2.05) is 20.8 Å². The summed E-state index contributed by atoms with van der Waals surface area (Å²) in [5, 5.41) is 3.04. The molecule has 0 heterocycles. The van der Waals surface area contributed by atoms with Crippen molar-refractivity contribution in [2.24, 2.45) is 11.1 Å². The Morgan fingerprint density at radius 2 is 1.60 bits per heavy atom. The van der Waals surface area contributed by atoms with Gasteiger partial charge >= 0.3 is 0 Å². The van der Waals surface area contributed by atoms with Gasteiger partial charge in [0, 0.05) is 5.54 Å². The van der Waals surface area contributed by atoms with Gasteiger partial charge in [-0.15, -0.1) is 0 Å². The van der Waals surface area contributed by atoms with Crippen LogP contribution in [-0.2, 0) is 4.79 Å². The highest BCUT2D eigenvalue weighted by Gasteiger charge is 2.31. The van der Waals surface area contributed by atoms with E-state index in [2.05, 4.69) is 26.1 Å². The first kappa shape index (κ1) is 14.4. The number of nitrogens with one attached hydrogen (secondary N) is 1. The highest BCUT2D eigenvalue weighted by molar-refractivity contribution is 5.83. The maximum Gasteiger partial charge on any atom is 0.237 e. The molecule has 0 fully saturated rings. The summed E-state index contributed by atoms with van der Waals surface area (Å²) < 4.78 is 0. The van der Waals surface area contributed by atoms with E-state index in [0.717, 1.165) is 12.8 Å². The van der Waals surface area contributed by atoms with Crippen LogP contribution in [0.25, 0.3) is 0 Å². The van der Waals surface area contributed by atoms with Crippen molar-refractivity contribution < 1.29 is 4.79 Å². The molecule has 3 nitrogen and oxygen atoms in total. The zero-order chi connectivity index (χ0) is 12.3. The van der Waals surface area contributed by atoms with Crippen LogP contribution in [0.2, 0.25) is 0 Å². The van der Waals surface area contributed by atoms with Gasteiger partial charge in [0.1, 0.15) is 0 Å². The van der Waals surface area contributed by atoms with Crippen LogP contribution in [0.1, 0.15) is 54.4 Å². The Balaban J connectivity index is 4.49. The molecule has 0 spiro atoms. The van der Waals surface area contributed by atoms with Gasteiger partial charge in [-0.05, 0) is 25.2 Å². The van der Waals surface area contributed by atoms with E-state index >= 15 is 0 Å². The van der Waals surface area contributed by atoms with Crippen molar-refractivity contribution in [1.29, 1.82) is 0 Å². The molecule has 0 saturated heterocycles. The molecule has 3 heteroatoms. The highest BCUT2D eigenvalue weighted by atomic mass is 16.2. The van der Waals surface area contributed by atoms with Gasteiger partial charge in [-0.3, -0.25) is 4.79 Å². The third kappa shape index (κ3) is 4.20. The predicted molar refractivity (Wildman–Crippen MR) is 64.6 cm³/mol. The van der Waals surface area contributed by atoms with Gasteiger partial charge in [-0.2, -0.15) is 0 Å². The summed E-state index contributed by atoms with van der Waals surface area (Å²) in [6.07, 6.45) is 1.85. The average molecular weight is 214 g/mol. The smallest absolute Gasteiger partial charge is 0.237 e. The summed E-state index contributed by atoms with van der Waals surface area (Å²) in [6.45, 7) is 12.1. The van der Waals surface area contributed by atoms with Crippen molar-refractivity contribution in [3.8, 4) is 0 Å². The molecule has 0 aliphatic rings. The number of hydrogen-bond acceptors (Lipinski definition) is 2. The normalized spacial score (nSPS) is 14.9. The first-order valence-electron chi connectivity index (χ1n) is 5.74. The lowest BCUT2D eigenvalue weighted by atomic mass is 9.85. The summed E-state index contributed by atoms with van der Waals surface area (Å²) in [5.74, 6) is -0.0475. The summed E-state index contributed by atoms with van der Waals surface area (Å²) in [5.41, 5.74) is 5.59. The van der Waals surface area contributed by atoms with Gasteiger partial charge in [0.15, 0.2) is 0 Å². The fraction of sp³-hybridized carbons (Fsp3) is 0.917. The first-order chi connectivity index (χ1) is 6.66. The van der Waals surface area contributed by atoms with E-state index in [-0.39, 0.29) is 16.9 Å². The lowest BCUT2D eigenvalue weighted by molar-refractivity contribution is -0.126. The van der Waals surface area contributed by atoms with Gasteiger partial charge in [0.05, 0.1) is 6.04 Å². The molecule has 0 aliphatic heterocycles. The number of amides is 1. The topological polar surface area (TPSA) is 55.1 Å². The maximum absolute atomic E-state index is 11.9. The van der Waals surface area contributed by atoms with Crippen molar-refractivity contribution >= 4 is 5.91 Å². The molecule has 3 N–H and O–H groups in total. The van der Waals surface area contributed by atoms with Crippen LogP contribution in [0, 0.1) is 5.41 Å². The number of carbonyl (C=O) groups is 1. The number of hydrogen-bond donors (Lipinski definition) is 2. The fourth-order valence-electron chi connectivity index (χ4n) is 1.20. The molecule has 0 aromatic rings. The van der Waals surface area contributed by atoms with E-state index in [1.54, 1.807) is 0 Å². The lowest BCUT2D eigenvalue weighted by Crippen LogP contribution is -2.55. The van der Waals surface area contributed by atoms with Gasteiger partial charge in [-0.25, -0.2) is 0 Å². The van der Waals surface area contributed by atoms with Crippen LogP contribution in [0.3, 0.4) is 0 Å². The third-order valence-corrected chi connectivity index (χ3v) is 3.20. The van der Waals surface area contributed by atoms with Crippen molar-refractivity contribution in [2.75, 3.05) is 0 Å². The van der Waals surface area contributed by atoms with E-state index in [1.165, 1.54) is 0 Å². The standard InChI is InChI=1S/C12H26N2O/c1-7-12(6,8-2)14-10(15)9(13)11(3,4)5/h9H,7-8,13H2,1-6H3,(H,14,15)/t9-/m0/s1. The van der Waals surface area contributed by atoms with Gasteiger partial charge in [-0.1, -0.05) is 34.6 Å². The summed E-state index contributed by atoms with van der Waals surface area (Å²) in [6, 6.07) is -0.449. The van der Waals surface area contributed by atoms with E-state index in [4.69, 9.17) is 5.73 Å². The molecule has 1 atom stereocenters. The van der Waals surface area contributed by atoms with Crippen LogP contribution in [0.4, 0.5) is 0 Å². The van der Waals surface area contributed by atoms with Crippen LogP contribution >= 0.6 is 0 Å². The third-order valence-electron chi connectivity index (χ3n) is 3.20. The van der Waals surface area contributed by atoms with Crippen LogP contribution in [0.15, 0.2) is 0 Å². The fourth-order valence-corrected chi connectivity index (χ4v) is 1.20. The Morgan fingerprint density at radius 3 is 1.87 bits per heavy atom. The quantitative estimate of drug-likeness (QED) is 0.752. The second-order valence-corrected chi connectivity index (χ2v) is 5.60. The van der Waals surface area contributed by atoms with Crippen LogP contribution < -0.4 is 11.1 Å². The van der Waals surface area contributed by atoms with Crippen molar-refractivity contribution in [1.82, 2.24) is 5.32 Å². The molecule has 0 aliphatic carbocycles. The molecule has 0 radical (unpaired) electrons. The van der Waals surface area contributed by atoms with Gasteiger partial charge in [0.2, 0.25) is 5.91 Å². The minimum atomic E-state index is -0.449. The molecule has 0 bridgehead atoms. The molecule has 0 unspecified atom stereocenters. The average Bonchev–Trinajstić information content (AvgIpc) is 2.15. The zero-order valence-corrected chi connectivity index (χ0v) is 11.0. The Hall–Kier alpha value is -0.570. The SMILES string of the molecule is CCC(C)(CC)NC(=O)[C@H](N)C(C)(C)C. The monoisotopic (exact) mass is 214 g/mol. The lowest BCUT2D eigenvalue weighted by Gasteiger charge is -2.33. The molecule has 15 heavy (non-hydrogen) atoms. The maximum atomic E-state index is 11.9. The molecule has 0 aromatic carbocycles. The van der Waals surface area contributed by atoms with E-state index in [9.17, 15) is 4.79 Å². The second-order valence-electron chi connectivity index (χ2n) is 5.60. The molecule has 0 rings (SSSR count). The van der Waals surface area contributed by atoms with Crippen molar-refractivity contribution in [3.63, 3.8) is 0 Å². The first-order valence-corrected chi connectivity index (χ1v) is 5.74. The molecule has 1 amide bonds. The zero-order valence-electron chi connectivity index (χ0n) is 11.0. The summed E-state index contributed by atoms with van der Waals surface area (Å²) in [7, 11) is 0. The van der Waals surface area contributed by atoms with E-state index in [0.29, 0.717) is 0 Å². The Bertz CT molecular complexity index is 214. The number of carbonyl (C=O) groups excluding carboxylic acids is 1. The second kappa shape index (κ2) is 4.97. The number of rotatable bonds is 4. The van der Waals surface area contributed by atoms with Gasteiger partial charge < -0.3 is 11.1 Å². The van der Waals surface area contributed by atoms with Crippen molar-refractivity contribution in [3.05, 3.63) is 0 Å². The molecule has 90 valence electrons. The Labute approximate surface area is 93.8 Å². The largest absolute Gasteiger partial charge is 0.350 e. The Kier molecular flexibility index (Phi) is 4.78. The molecular formula is C12H26N2O. The van der Waals surface area contributed by atoms with E-state index < -0.39 is 6.04 Å². The minimum absolute atomic E-state index is 0.0475. The van der Waals surface area contributed by atoms with Crippen molar-refractivity contribution in [2.45, 2.75) is 66.0 Å². The van der Waals surface area contributed by atoms with Gasteiger partial charge in [0.25, 0.3) is 0 Å². The predicted octanol–water partition coefficient (Wildman–Crippen LogP) is 2.05.